The van der Waals surface area contributed by atoms with Crippen molar-refractivity contribution in [1.29, 1.82) is 5.26 Å². The molecule has 1 saturated carbocycles. The van der Waals surface area contributed by atoms with Crippen LogP contribution in [0.15, 0.2) is 24.3 Å². The molecule has 0 heterocycles. The van der Waals surface area contributed by atoms with Crippen LogP contribution in [0.3, 0.4) is 0 Å². The molecule has 0 amide bonds. The Kier molecular flexibility index (Phi) is 5.25. The van der Waals surface area contributed by atoms with Crippen LogP contribution in [0, 0.1) is 11.3 Å². The SMILES string of the molecule is CCC(C)c1ccccc1OC1CCCC(C#N)(NC)C1. The largest absolute Gasteiger partial charge is 0.490 e. The predicted molar refractivity (Wildman–Crippen MR) is 85.4 cm³/mol. The van der Waals surface area contributed by atoms with Crippen LogP contribution in [0.1, 0.15) is 57.4 Å². The van der Waals surface area contributed by atoms with Crippen LogP contribution >= 0.6 is 0 Å². The summed E-state index contributed by atoms with van der Waals surface area (Å²) >= 11 is 0. The zero-order chi connectivity index (χ0) is 15.3. The number of para-hydroxylation sites is 1. The summed E-state index contributed by atoms with van der Waals surface area (Å²) in [7, 11) is 1.87. The second kappa shape index (κ2) is 6.95. The molecule has 1 aromatic carbocycles. The van der Waals surface area contributed by atoms with E-state index >= 15 is 0 Å². The minimum atomic E-state index is -0.422. The van der Waals surface area contributed by atoms with Gasteiger partial charge in [-0.25, -0.2) is 0 Å². The Hall–Kier alpha value is -1.53. The van der Waals surface area contributed by atoms with Gasteiger partial charge in [0.05, 0.1) is 6.07 Å². The number of benzene rings is 1. The van der Waals surface area contributed by atoms with E-state index in [1.807, 2.05) is 13.1 Å². The van der Waals surface area contributed by atoms with Crippen molar-refractivity contribution < 1.29 is 4.74 Å². The van der Waals surface area contributed by atoms with Gasteiger partial charge < -0.3 is 10.1 Å². The summed E-state index contributed by atoms with van der Waals surface area (Å²) in [6.45, 7) is 4.43. The van der Waals surface area contributed by atoms with Crippen molar-refractivity contribution in [3.05, 3.63) is 29.8 Å². The summed E-state index contributed by atoms with van der Waals surface area (Å²) in [5.74, 6) is 1.48. The fraction of sp³-hybridized carbons (Fsp3) is 0.611. The van der Waals surface area contributed by atoms with Crippen LogP contribution in [0.2, 0.25) is 0 Å². The average Bonchev–Trinajstić information content (AvgIpc) is 2.54. The zero-order valence-corrected chi connectivity index (χ0v) is 13.4. The maximum absolute atomic E-state index is 9.44. The van der Waals surface area contributed by atoms with Crippen LogP contribution in [0.4, 0.5) is 0 Å². The lowest BCUT2D eigenvalue weighted by Gasteiger charge is -2.36. The van der Waals surface area contributed by atoms with Gasteiger partial charge >= 0.3 is 0 Å². The van der Waals surface area contributed by atoms with E-state index < -0.39 is 5.54 Å². The molecule has 0 saturated heterocycles. The van der Waals surface area contributed by atoms with Crippen molar-refractivity contribution in [3.8, 4) is 11.8 Å². The molecular weight excluding hydrogens is 260 g/mol. The van der Waals surface area contributed by atoms with Gasteiger partial charge in [0.2, 0.25) is 0 Å². The fourth-order valence-corrected chi connectivity index (χ4v) is 3.10. The van der Waals surface area contributed by atoms with Crippen molar-refractivity contribution in [3.63, 3.8) is 0 Å². The number of nitrogens with zero attached hydrogens (tertiary/aromatic N) is 1. The molecule has 0 spiro atoms. The summed E-state index contributed by atoms with van der Waals surface area (Å²) < 4.78 is 6.28. The quantitative estimate of drug-likeness (QED) is 0.889. The molecule has 21 heavy (non-hydrogen) atoms. The standard InChI is InChI=1S/C18H26N2O/c1-4-14(2)16-9-5-6-10-17(16)21-15-8-7-11-18(12-15,13-19)20-3/h5-6,9-10,14-15,20H,4,7-8,11-12H2,1-3H3. The Morgan fingerprint density at radius 3 is 2.90 bits per heavy atom. The van der Waals surface area contributed by atoms with Crippen molar-refractivity contribution in [2.24, 2.45) is 0 Å². The smallest absolute Gasteiger partial charge is 0.123 e. The van der Waals surface area contributed by atoms with Crippen LogP contribution < -0.4 is 10.1 Å². The number of hydrogen-bond donors (Lipinski definition) is 1. The van der Waals surface area contributed by atoms with Gasteiger partial charge in [0.25, 0.3) is 0 Å². The summed E-state index contributed by atoms with van der Waals surface area (Å²) in [5, 5.41) is 12.6. The van der Waals surface area contributed by atoms with Crippen molar-refractivity contribution in [1.82, 2.24) is 5.32 Å². The van der Waals surface area contributed by atoms with Gasteiger partial charge in [-0.15, -0.1) is 0 Å². The Morgan fingerprint density at radius 2 is 2.24 bits per heavy atom. The Balaban J connectivity index is 2.14. The summed E-state index contributed by atoms with van der Waals surface area (Å²) in [6, 6.07) is 10.8. The van der Waals surface area contributed by atoms with Crippen molar-refractivity contribution in [2.45, 2.75) is 63.5 Å². The monoisotopic (exact) mass is 286 g/mol. The molecule has 1 aliphatic carbocycles. The fourth-order valence-electron chi connectivity index (χ4n) is 3.10. The molecule has 3 unspecified atom stereocenters. The van der Waals surface area contributed by atoms with E-state index in [4.69, 9.17) is 4.74 Å². The molecule has 3 heteroatoms. The molecule has 1 N–H and O–H groups in total. The third kappa shape index (κ3) is 3.57. The average molecular weight is 286 g/mol. The molecule has 1 aromatic rings. The normalized spacial score (nSPS) is 26.9. The molecule has 1 aliphatic rings. The highest BCUT2D eigenvalue weighted by Crippen LogP contribution is 2.34. The molecule has 3 atom stereocenters. The summed E-state index contributed by atoms with van der Waals surface area (Å²) in [4.78, 5) is 0. The Morgan fingerprint density at radius 1 is 1.48 bits per heavy atom. The minimum Gasteiger partial charge on any atom is -0.490 e. The predicted octanol–water partition coefficient (Wildman–Crippen LogP) is 4.00. The summed E-state index contributed by atoms with van der Waals surface area (Å²) in [6.07, 6.45) is 4.95. The first-order valence-corrected chi connectivity index (χ1v) is 8.00. The number of nitrogens with one attached hydrogen (secondary N) is 1. The van der Waals surface area contributed by atoms with Gasteiger partial charge in [0.15, 0.2) is 0 Å². The van der Waals surface area contributed by atoms with Gasteiger partial charge in [-0.2, -0.15) is 5.26 Å². The number of hydrogen-bond acceptors (Lipinski definition) is 3. The lowest BCUT2D eigenvalue weighted by atomic mass is 9.81. The molecule has 0 aromatic heterocycles. The minimum absolute atomic E-state index is 0.121. The van der Waals surface area contributed by atoms with Crippen molar-refractivity contribution in [2.75, 3.05) is 7.05 Å². The van der Waals surface area contributed by atoms with Crippen LogP contribution in [0.5, 0.6) is 5.75 Å². The number of nitriles is 1. The van der Waals surface area contributed by atoms with E-state index in [1.54, 1.807) is 0 Å². The van der Waals surface area contributed by atoms with Crippen LogP contribution in [0.25, 0.3) is 0 Å². The highest BCUT2D eigenvalue weighted by atomic mass is 16.5. The summed E-state index contributed by atoms with van der Waals surface area (Å²) in [5.41, 5.74) is 0.853. The third-order valence-electron chi connectivity index (χ3n) is 4.75. The number of ether oxygens (including phenoxy) is 1. The van der Waals surface area contributed by atoms with Gasteiger partial charge in [-0.05, 0) is 50.3 Å². The van der Waals surface area contributed by atoms with Crippen molar-refractivity contribution >= 4 is 0 Å². The highest BCUT2D eigenvalue weighted by molar-refractivity contribution is 5.36. The van der Waals surface area contributed by atoms with Gasteiger partial charge in [-0.3, -0.25) is 0 Å². The first-order chi connectivity index (χ1) is 10.1. The first-order valence-electron chi connectivity index (χ1n) is 8.00. The maximum Gasteiger partial charge on any atom is 0.123 e. The van der Waals surface area contributed by atoms with E-state index in [2.05, 4.69) is 43.4 Å². The van der Waals surface area contributed by atoms with Gasteiger partial charge in [0.1, 0.15) is 17.4 Å². The van der Waals surface area contributed by atoms with E-state index in [1.165, 1.54) is 5.56 Å². The first kappa shape index (κ1) is 15.9. The van der Waals surface area contributed by atoms with E-state index in [0.717, 1.165) is 37.9 Å². The lowest BCUT2D eigenvalue weighted by Crippen LogP contribution is -2.48. The Labute approximate surface area is 128 Å². The molecule has 3 nitrogen and oxygen atoms in total. The van der Waals surface area contributed by atoms with Crippen LogP contribution in [-0.4, -0.2) is 18.7 Å². The molecule has 0 bridgehead atoms. The molecule has 1 fully saturated rings. The van der Waals surface area contributed by atoms with E-state index in [0.29, 0.717) is 5.92 Å². The molecule has 0 aliphatic heterocycles. The molecule has 0 radical (unpaired) electrons. The topological polar surface area (TPSA) is 45.0 Å². The highest BCUT2D eigenvalue weighted by Gasteiger charge is 2.36. The van der Waals surface area contributed by atoms with E-state index in [9.17, 15) is 5.26 Å². The molecule has 2 rings (SSSR count). The second-order valence-electron chi connectivity index (χ2n) is 6.13. The van der Waals surface area contributed by atoms with Gasteiger partial charge in [-0.1, -0.05) is 32.0 Å². The maximum atomic E-state index is 9.44. The Bertz CT molecular complexity index is 508. The van der Waals surface area contributed by atoms with Crippen LogP contribution in [-0.2, 0) is 0 Å². The molecular formula is C18H26N2O. The third-order valence-corrected chi connectivity index (χ3v) is 4.75. The number of rotatable bonds is 5. The van der Waals surface area contributed by atoms with Gasteiger partial charge in [0, 0.05) is 6.42 Å². The molecule has 114 valence electrons. The van der Waals surface area contributed by atoms with E-state index in [-0.39, 0.29) is 6.10 Å². The lowest BCUT2D eigenvalue weighted by molar-refractivity contribution is 0.114. The second-order valence-corrected chi connectivity index (χ2v) is 6.13. The zero-order valence-electron chi connectivity index (χ0n) is 13.4.